The maximum Gasteiger partial charge on any atom is 0.306 e. The molecule has 1 heterocycles. The minimum Gasteiger partial charge on any atom is -0.508 e. The lowest BCUT2D eigenvalue weighted by atomic mass is 9.94. The van der Waals surface area contributed by atoms with Gasteiger partial charge in [-0.05, 0) is 38.9 Å². The van der Waals surface area contributed by atoms with Crippen LogP contribution in [0.25, 0.3) is 0 Å². The number of phenolic OH excluding ortho intramolecular Hbond substituents is 2. The molecule has 5 heteroatoms. The zero-order chi connectivity index (χ0) is 14.0. The molecule has 0 radical (unpaired) electrons. The molecule has 1 atom stereocenters. The Labute approximate surface area is 112 Å². The molecule has 104 valence electrons. The summed E-state index contributed by atoms with van der Waals surface area (Å²) in [7, 11) is 0. The zero-order valence-corrected chi connectivity index (χ0v) is 10.9. The first-order valence-electron chi connectivity index (χ1n) is 6.47. The Balaban J connectivity index is 2.05. The van der Waals surface area contributed by atoms with Gasteiger partial charge in [-0.25, -0.2) is 0 Å². The first kappa shape index (κ1) is 13.7. The Bertz CT molecular complexity index is 467. The molecule has 2 rings (SSSR count). The molecule has 1 aliphatic rings. The number of rotatable bonds is 3. The van der Waals surface area contributed by atoms with Crippen molar-refractivity contribution in [3.05, 3.63) is 23.8 Å². The van der Waals surface area contributed by atoms with Crippen LogP contribution in [0.5, 0.6) is 11.5 Å². The highest BCUT2D eigenvalue weighted by molar-refractivity contribution is 5.70. The van der Waals surface area contributed by atoms with Crippen LogP contribution in [0.15, 0.2) is 18.2 Å². The van der Waals surface area contributed by atoms with Crippen LogP contribution in [0.1, 0.15) is 31.4 Å². The van der Waals surface area contributed by atoms with Gasteiger partial charge in [0.1, 0.15) is 11.5 Å². The number of likely N-dealkylation sites (tertiary alicyclic amines) is 1. The number of aromatic hydroxyl groups is 2. The van der Waals surface area contributed by atoms with E-state index in [-0.39, 0.29) is 23.5 Å². The average molecular weight is 265 g/mol. The summed E-state index contributed by atoms with van der Waals surface area (Å²) in [6, 6.07) is 4.60. The topological polar surface area (TPSA) is 81.0 Å². The van der Waals surface area contributed by atoms with Crippen LogP contribution in [0.3, 0.4) is 0 Å². The van der Waals surface area contributed by atoms with Gasteiger partial charge in [0.2, 0.25) is 0 Å². The number of piperidine rings is 1. The van der Waals surface area contributed by atoms with Gasteiger partial charge in [0.15, 0.2) is 0 Å². The van der Waals surface area contributed by atoms with Gasteiger partial charge in [-0.3, -0.25) is 9.69 Å². The highest BCUT2D eigenvalue weighted by Gasteiger charge is 2.28. The van der Waals surface area contributed by atoms with Crippen molar-refractivity contribution in [3.8, 4) is 11.5 Å². The van der Waals surface area contributed by atoms with Crippen molar-refractivity contribution in [2.24, 2.45) is 5.92 Å². The van der Waals surface area contributed by atoms with E-state index >= 15 is 0 Å². The number of nitrogens with zero attached hydrogens (tertiary/aromatic N) is 1. The summed E-state index contributed by atoms with van der Waals surface area (Å²) in [4.78, 5) is 13.1. The Morgan fingerprint density at radius 1 is 1.32 bits per heavy atom. The molecule has 1 fully saturated rings. The van der Waals surface area contributed by atoms with Gasteiger partial charge in [-0.15, -0.1) is 0 Å². The number of hydrogen-bond donors (Lipinski definition) is 3. The molecule has 1 unspecified atom stereocenters. The van der Waals surface area contributed by atoms with E-state index in [0.29, 0.717) is 25.9 Å². The van der Waals surface area contributed by atoms with Crippen molar-refractivity contribution >= 4 is 5.97 Å². The fraction of sp³-hybridized carbons (Fsp3) is 0.500. The molecular weight excluding hydrogens is 246 g/mol. The molecule has 0 saturated carbocycles. The molecule has 1 aliphatic heterocycles. The minimum atomic E-state index is -0.722. The van der Waals surface area contributed by atoms with Crippen LogP contribution >= 0.6 is 0 Å². The number of phenols is 2. The van der Waals surface area contributed by atoms with Gasteiger partial charge < -0.3 is 15.3 Å². The maximum absolute atomic E-state index is 10.9. The molecule has 0 spiro atoms. The summed E-state index contributed by atoms with van der Waals surface area (Å²) in [5.41, 5.74) is 0.756. The predicted molar refractivity (Wildman–Crippen MR) is 70.1 cm³/mol. The molecule has 1 aromatic rings. The van der Waals surface area contributed by atoms with Crippen LogP contribution in [0.4, 0.5) is 0 Å². The number of carboxylic acid groups (broad SMARTS) is 1. The smallest absolute Gasteiger partial charge is 0.306 e. The minimum absolute atomic E-state index is 0.00958. The SMILES string of the molecule is CC(c1ccc(O)cc1O)N1CCC(C(=O)O)CC1. The maximum atomic E-state index is 10.9. The van der Waals surface area contributed by atoms with Crippen molar-refractivity contribution in [2.45, 2.75) is 25.8 Å². The first-order valence-corrected chi connectivity index (χ1v) is 6.47. The lowest BCUT2D eigenvalue weighted by Gasteiger charge is -2.35. The van der Waals surface area contributed by atoms with E-state index in [4.69, 9.17) is 5.11 Å². The second-order valence-electron chi connectivity index (χ2n) is 5.07. The molecule has 0 amide bonds. The second-order valence-corrected chi connectivity index (χ2v) is 5.07. The Hall–Kier alpha value is -1.75. The average Bonchev–Trinajstić information content (AvgIpc) is 2.38. The number of aliphatic carboxylic acids is 1. The highest BCUT2D eigenvalue weighted by Crippen LogP contribution is 2.33. The number of carbonyl (C=O) groups is 1. The van der Waals surface area contributed by atoms with Crippen LogP contribution in [-0.4, -0.2) is 39.3 Å². The summed E-state index contributed by atoms with van der Waals surface area (Å²) in [6.07, 6.45) is 1.27. The molecular formula is C14H19NO4. The van der Waals surface area contributed by atoms with Crippen LogP contribution in [-0.2, 0) is 4.79 Å². The van der Waals surface area contributed by atoms with E-state index < -0.39 is 5.97 Å². The molecule has 0 bridgehead atoms. The van der Waals surface area contributed by atoms with Crippen LogP contribution in [0, 0.1) is 5.92 Å². The first-order chi connectivity index (χ1) is 8.99. The lowest BCUT2D eigenvalue weighted by Crippen LogP contribution is -2.37. The summed E-state index contributed by atoms with van der Waals surface area (Å²) in [5, 5.41) is 28.1. The summed E-state index contributed by atoms with van der Waals surface area (Å²) < 4.78 is 0. The Morgan fingerprint density at radius 3 is 2.47 bits per heavy atom. The van der Waals surface area contributed by atoms with E-state index in [0.717, 1.165) is 5.56 Å². The summed E-state index contributed by atoms with van der Waals surface area (Å²) >= 11 is 0. The van der Waals surface area contributed by atoms with Crippen molar-refractivity contribution in [1.82, 2.24) is 4.90 Å². The van der Waals surface area contributed by atoms with E-state index in [1.807, 2.05) is 6.92 Å². The van der Waals surface area contributed by atoms with Crippen molar-refractivity contribution in [2.75, 3.05) is 13.1 Å². The quantitative estimate of drug-likeness (QED) is 0.778. The Morgan fingerprint density at radius 2 is 1.95 bits per heavy atom. The standard InChI is InChI=1S/C14H19NO4/c1-9(12-3-2-11(16)8-13(12)17)15-6-4-10(5-7-15)14(18)19/h2-3,8-10,16-17H,4-7H2,1H3,(H,18,19). The number of hydrogen-bond acceptors (Lipinski definition) is 4. The fourth-order valence-electron chi connectivity index (χ4n) is 2.62. The molecule has 0 aromatic heterocycles. The summed E-state index contributed by atoms with van der Waals surface area (Å²) in [6.45, 7) is 3.39. The van der Waals surface area contributed by atoms with Crippen LogP contribution in [0.2, 0.25) is 0 Å². The second kappa shape index (κ2) is 5.48. The third-order valence-electron chi connectivity index (χ3n) is 3.89. The van der Waals surface area contributed by atoms with Gasteiger partial charge >= 0.3 is 5.97 Å². The van der Waals surface area contributed by atoms with E-state index in [1.54, 1.807) is 12.1 Å². The van der Waals surface area contributed by atoms with E-state index in [2.05, 4.69) is 4.90 Å². The van der Waals surface area contributed by atoms with Crippen molar-refractivity contribution in [3.63, 3.8) is 0 Å². The van der Waals surface area contributed by atoms with Gasteiger partial charge in [0.05, 0.1) is 5.92 Å². The highest BCUT2D eigenvalue weighted by atomic mass is 16.4. The van der Waals surface area contributed by atoms with Crippen molar-refractivity contribution in [1.29, 1.82) is 0 Å². The molecule has 5 nitrogen and oxygen atoms in total. The third-order valence-corrected chi connectivity index (χ3v) is 3.89. The van der Waals surface area contributed by atoms with Crippen molar-refractivity contribution < 1.29 is 20.1 Å². The zero-order valence-electron chi connectivity index (χ0n) is 10.9. The summed E-state index contributed by atoms with van der Waals surface area (Å²) in [5.74, 6) is -0.859. The van der Waals surface area contributed by atoms with E-state index in [1.165, 1.54) is 6.07 Å². The fourth-order valence-corrected chi connectivity index (χ4v) is 2.62. The van der Waals surface area contributed by atoms with E-state index in [9.17, 15) is 15.0 Å². The normalized spacial score (nSPS) is 19.2. The van der Waals surface area contributed by atoms with Gasteiger partial charge in [0, 0.05) is 17.7 Å². The third kappa shape index (κ3) is 2.98. The largest absolute Gasteiger partial charge is 0.508 e. The monoisotopic (exact) mass is 265 g/mol. The molecule has 0 aliphatic carbocycles. The molecule has 3 N–H and O–H groups in total. The number of carboxylic acids is 1. The van der Waals surface area contributed by atoms with Crippen LogP contribution < -0.4 is 0 Å². The molecule has 1 aromatic carbocycles. The lowest BCUT2D eigenvalue weighted by molar-refractivity contribution is -0.143. The Kier molecular flexibility index (Phi) is 3.95. The molecule has 1 saturated heterocycles. The van der Waals surface area contributed by atoms with Gasteiger partial charge in [0.25, 0.3) is 0 Å². The van der Waals surface area contributed by atoms with Gasteiger partial charge in [-0.1, -0.05) is 6.07 Å². The predicted octanol–water partition coefficient (Wildman–Crippen LogP) is 1.96. The van der Waals surface area contributed by atoms with Gasteiger partial charge in [-0.2, -0.15) is 0 Å². The molecule has 19 heavy (non-hydrogen) atoms. The number of benzene rings is 1.